The topological polar surface area (TPSA) is 106 Å². The van der Waals surface area contributed by atoms with Crippen molar-refractivity contribution in [2.24, 2.45) is 0 Å². The number of hydrogen-bond acceptors (Lipinski definition) is 5. The van der Waals surface area contributed by atoms with E-state index in [9.17, 15) is 4.79 Å². The Hall–Kier alpha value is -2.57. The van der Waals surface area contributed by atoms with Gasteiger partial charge in [0.05, 0.1) is 6.54 Å². The molecule has 0 radical (unpaired) electrons. The third-order valence-electron chi connectivity index (χ3n) is 2.79. The zero-order valence-electron chi connectivity index (χ0n) is 12.1. The van der Waals surface area contributed by atoms with Crippen LogP contribution in [-0.4, -0.2) is 34.2 Å². The number of rotatable bonds is 6. The van der Waals surface area contributed by atoms with Crippen LogP contribution in [0.5, 0.6) is 5.75 Å². The normalized spacial score (nSPS) is 10.6. The van der Waals surface area contributed by atoms with Crippen molar-refractivity contribution in [1.29, 1.82) is 0 Å². The molecule has 2 aromatic rings. The molecule has 1 amide bonds. The highest BCUT2D eigenvalue weighted by Gasteiger charge is 2.13. The van der Waals surface area contributed by atoms with Crippen molar-refractivity contribution < 1.29 is 9.53 Å². The van der Waals surface area contributed by atoms with Crippen molar-refractivity contribution in [3.8, 4) is 5.75 Å². The highest BCUT2D eigenvalue weighted by molar-refractivity contribution is 5.90. The number of nitrogen functional groups attached to an aromatic ring is 1. The van der Waals surface area contributed by atoms with Crippen molar-refractivity contribution in [1.82, 2.24) is 20.5 Å². The summed E-state index contributed by atoms with van der Waals surface area (Å²) in [7, 11) is 0. The average Bonchev–Trinajstić information content (AvgIpc) is 2.95. The van der Waals surface area contributed by atoms with Crippen LogP contribution in [0.2, 0.25) is 0 Å². The van der Waals surface area contributed by atoms with Gasteiger partial charge in [-0.2, -0.15) is 0 Å². The number of ether oxygens (including phenoxy) is 1. The summed E-state index contributed by atoms with van der Waals surface area (Å²) in [5, 5.41) is 9.32. The molecule has 2 rings (SSSR count). The van der Waals surface area contributed by atoms with Crippen molar-refractivity contribution in [3.63, 3.8) is 0 Å². The van der Waals surface area contributed by atoms with Crippen LogP contribution < -0.4 is 15.8 Å². The summed E-state index contributed by atoms with van der Waals surface area (Å²) in [4.78, 5) is 15.9. The molecular formula is C14H19N5O2. The van der Waals surface area contributed by atoms with Crippen LogP contribution >= 0.6 is 0 Å². The molecule has 0 aliphatic heterocycles. The van der Waals surface area contributed by atoms with Crippen molar-refractivity contribution in [3.05, 3.63) is 35.9 Å². The minimum absolute atomic E-state index is 0.145. The second-order valence-electron chi connectivity index (χ2n) is 4.87. The molecule has 4 N–H and O–H groups in total. The van der Waals surface area contributed by atoms with E-state index < -0.39 is 0 Å². The van der Waals surface area contributed by atoms with Gasteiger partial charge in [-0.25, -0.2) is 4.98 Å². The first-order valence-electron chi connectivity index (χ1n) is 6.75. The first-order valence-corrected chi connectivity index (χ1v) is 6.75. The second-order valence-corrected chi connectivity index (χ2v) is 4.87. The molecule has 7 heteroatoms. The summed E-state index contributed by atoms with van der Waals surface area (Å²) in [6, 6.07) is 7.08. The summed E-state index contributed by atoms with van der Waals surface area (Å²) in [6.45, 7) is 4.68. The van der Waals surface area contributed by atoms with Gasteiger partial charge in [0.2, 0.25) is 5.82 Å². The Bertz CT molecular complexity index is 592. The van der Waals surface area contributed by atoms with Gasteiger partial charge in [-0.15, -0.1) is 5.10 Å². The van der Waals surface area contributed by atoms with E-state index in [1.807, 2.05) is 13.8 Å². The Kier molecular flexibility index (Phi) is 4.76. The fourth-order valence-corrected chi connectivity index (χ4v) is 1.61. The Morgan fingerprint density at radius 1 is 1.38 bits per heavy atom. The minimum Gasteiger partial charge on any atom is -0.492 e. The number of hydrogen-bond donors (Lipinski definition) is 3. The molecule has 0 fully saturated rings. The van der Waals surface area contributed by atoms with Crippen LogP contribution in [0.15, 0.2) is 24.3 Å². The third-order valence-corrected chi connectivity index (χ3v) is 2.79. The zero-order chi connectivity index (χ0) is 15.2. The van der Waals surface area contributed by atoms with Gasteiger partial charge in [-0.3, -0.25) is 9.89 Å². The lowest BCUT2D eigenvalue weighted by Gasteiger charge is -2.06. The molecule has 0 atom stereocenters. The third kappa shape index (κ3) is 4.20. The number of anilines is 1. The number of carbonyl (C=O) groups excluding carboxylic acids is 1. The van der Waals surface area contributed by atoms with E-state index >= 15 is 0 Å². The molecule has 0 aliphatic rings. The highest BCUT2D eigenvalue weighted by Crippen LogP contribution is 2.12. The summed E-state index contributed by atoms with van der Waals surface area (Å²) < 4.78 is 5.47. The predicted octanol–water partition coefficient (Wildman–Crippen LogP) is 1.32. The van der Waals surface area contributed by atoms with Gasteiger partial charge < -0.3 is 15.8 Å². The first kappa shape index (κ1) is 14.8. The van der Waals surface area contributed by atoms with Crippen molar-refractivity contribution in [2.45, 2.75) is 19.8 Å². The molecule has 0 aliphatic carbocycles. The van der Waals surface area contributed by atoms with Gasteiger partial charge in [0.1, 0.15) is 18.2 Å². The highest BCUT2D eigenvalue weighted by atomic mass is 16.5. The number of aromatic nitrogens is 3. The molecule has 1 heterocycles. The number of amides is 1. The van der Waals surface area contributed by atoms with E-state index in [1.165, 1.54) is 0 Å². The van der Waals surface area contributed by atoms with Gasteiger partial charge in [0.15, 0.2) is 0 Å². The smallest absolute Gasteiger partial charge is 0.291 e. The monoisotopic (exact) mass is 289 g/mol. The van der Waals surface area contributed by atoms with Crippen LogP contribution in [-0.2, 0) is 0 Å². The zero-order valence-corrected chi connectivity index (χ0v) is 12.1. The molecule has 0 bridgehead atoms. The van der Waals surface area contributed by atoms with Gasteiger partial charge in [0, 0.05) is 11.6 Å². The van der Waals surface area contributed by atoms with Crippen LogP contribution in [0.25, 0.3) is 0 Å². The Morgan fingerprint density at radius 2 is 2.10 bits per heavy atom. The van der Waals surface area contributed by atoms with Crippen LogP contribution in [0, 0.1) is 0 Å². The lowest BCUT2D eigenvalue weighted by Crippen LogP contribution is -2.29. The molecule has 112 valence electrons. The van der Waals surface area contributed by atoms with Gasteiger partial charge >= 0.3 is 0 Å². The molecule has 0 saturated carbocycles. The predicted molar refractivity (Wildman–Crippen MR) is 79.2 cm³/mol. The maximum absolute atomic E-state index is 11.8. The minimum atomic E-state index is -0.320. The molecule has 7 nitrogen and oxygen atoms in total. The van der Waals surface area contributed by atoms with Crippen LogP contribution in [0.3, 0.4) is 0 Å². The Morgan fingerprint density at radius 3 is 2.71 bits per heavy atom. The maximum atomic E-state index is 11.8. The lowest BCUT2D eigenvalue weighted by atomic mass is 10.2. The number of aromatic amines is 1. The molecule has 1 aromatic heterocycles. The van der Waals surface area contributed by atoms with E-state index in [0.717, 1.165) is 0 Å². The molecule has 21 heavy (non-hydrogen) atoms. The number of nitrogens with two attached hydrogens (primary N) is 1. The van der Waals surface area contributed by atoms with E-state index in [1.54, 1.807) is 24.3 Å². The van der Waals surface area contributed by atoms with E-state index in [0.29, 0.717) is 30.4 Å². The number of carbonyl (C=O) groups is 1. The summed E-state index contributed by atoms with van der Waals surface area (Å²) in [5.41, 5.74) is 6.26. The summed E-state index contributed by atoms with van der Waals surface area (Å²) in [5.74, 6) is 1.43. The van der Waals surface area contributed by atoms with Gasteiger partial charge in [-0.1, -0.05) is 13.8 Å². The van der Waals surface area contributed by atoms with E-state index in [-0.39, 0.29) is 17.6 Å². The Balaban J connectivity index is 1.75. The number of H-pyrrole nitrogens is 1. The van der Waals surface area contributed by atoms with Gasteiger partial charge in [-0.05, 0) is 24.3 Å². The van der Waals surface area contributed by atoms with Gasteiger partial charge in [0.25, 0.3) is 5.91 Å². The standard InChI is InChI=1S/C14H19N5O2/c1-9(2)12-17-13(19-18-12)14(20)16-7-8-21-11-5-3-10(15)4-6-11/h3-6,9H,7-8,15H2,1-2H3,(H,16,20)(H,17,18,19). The maximum Gasteiger partial charge on any atom is 0.291 e. The van der Waals surface area contributed by atoms with E-state index in [4.69, 9.17) is 10.5 Å². The van der Waals surface area contributed by atoms with Crippen LogP contribution in [0.1, 0.15) is 36.2 Å². The number of nitrogens with zero attached hydrogens (tertiary/aromatic N) is 2. The fraction of sp³-hybridized carbons (Fsp3) is 0.357. The molecule has 0 spiro atoms. The largest absolute Gasteiger partial charge is 0.492 e. The SMILES string of the molecule is CC(C)c1nc(C(=O)NCCOc2ccc(N)cc2)n[nH]1. The van der Waals surface area contributed by atoms with E-state index in [2.05, 4.69) is 20.5 Å². The van der Waals surface area contributed by atoms with Crippen molar-refractivity contribution in [2.75, 3.05) is 18.9 Å². The van der Waals surface area contributed by atoms with Crippen LogP contribution in [0.4, 0.5) is 5.69 Å². The molecular weight excluding hydrogens is 270 g/mol. The first-order chi connectivity index (χ1) is 10.1. The summed E-state index contributed by atoms with van der Waals surface area (Å²) >= 11 is 0. The second kappa shape index (κ2) is 6.74. The van der Waals surface area contributed by atoms with Crippen molar-refractivity contribution >= 4 is 11.6 Å². The Labute approximate surface area is 122 Å². The average molecular weight is 289 g/mol. The summed E-state index contributed by atoms with van der Waals surface area (Å²) in [6.07, 6.45) is 0. The molecule has 0 unspecified atom stereocenters. The molecule has 1 aromatic carbocycles. The molecule has 0 saturated heterocycles. The lowest BCUT2D eigenvalue weighted by molar-refractivity contribution is 0.0937. The quantitative estimate of drug-likeness (QED) is 0.549. The fourth-order valence-electron chi connectivity index (χ4n) is 1.61. The number of nitrogens with one attached hydrogen (secondary N) is 2. The number of benzene rings is 1.